The van der Waals surface area contributed by atoms with Gasteiger partial charge in [0.2, 0.25) is 0 Å². The van der Waals surface area contributed by atoms with Crippen molar-refractivity contribution in [3.8, 4) is 0 Å². The van der Waals surface area contributed by atoms with Crippen LogP contribution >= 0.6 is 0 Å². The van der Waals surface area contributed by atoms with E-state index in [9.17, 15) is 21.6 Å². The van der Waals surface area contributed by atoms with Gasteiger partial charge in [-0.3, -0.25) is 0 Å². The highest BCUT2D eigenvalue weighted by atomic mass is 32.2. The Labute approximate surface area is 75.4 Å². The van der Waals surface area contributed by atoms with Crippen LogP contribution in [0.5, 0.6) is 0 Å². The van der Waals surface area contributed by atoms with E-state index in [0.717, 1.165) is 6.54 Å². The van der Waals surface area contributed by atoms with Crippen molar-refractivity contribution in [1.29, 1.82) is 0 Å². The lowest BCUT2D eigenvalue weighted by molar-refractivity contribution is -0.0436. The van der Waals surface area contributed by atoms with Crippen molar-refractivity contribution in [3.63, 3.8) is 0 Å². The van der Waals surface area contributed by atoms with Crippen LogP contribution in [-0.4, -0.2) is 27.5 Å². The van der Waals surface area contributed by atoms with E-state index in [1.807, 2.05) is 7.05 Å². The smallest absolute Gasteiger partial charge is 0.320 e. The molecule has 0 bridgehead atoms. The summed E-state index contributed by atoms with van der Waals surface area (Å²) in [5, 5.41) is 6.68. The Morgan fingerprint density at radius 2 is 1.69 bits per heavy atom. The third-order valence-electron chi connectivity index (χ3n) is 0.823. The van der Waals surface area contributed by atoms with Crippen LogP contribution in [0.1, 0.15) is 13.3 Å². The van der Waals surface area contributed by atoms with Crippen LogP contribution in [0.25, 0.3) is 0 Å². The van der Waals surface area contributed by atoms with Gasteiger partial charge in [0, 0.05) is 0 Å². The first kappa shape index (κ1) is 15.1. The Kier molecular flexibility index (Phi) is 7.18. The second-order valence-electron chi connectivity index (χ2n) is 2.09. The third kappa shape index (κ3) is 9.57. The molecule has 0 unspecified atom stereocenters. The van der Waals surface area contributed by atoms with E-state index in [1.165, 1.54) is 6.42 Å². The molecule has 0 amide bonds. The van der Waals surface area contributed by atoms with Crippen molar-refractivity contribution in [2.45, 2.75) is 18.9 Å². The molecule has 4 nitrogen and oxygen atoms in total. The van der Waals surface area contributed by atoms with Gasteiger partial charge in [0.25, 0.3) is 0 Å². The molecule has 8 heteroatoms. The Balaban J connectivity index is 0. The summed E-state index contributed by atoms with van der Waals surface area (Å²) in [7, 11) is -3.38. The number of nitrogens with one attached hydrogen (secondary N) is 1. The molecule has 0 aliphatic carbocycles. The van der Waals surface area contributed by atoms with Crippen molar-refractivity contribution in [3.05, 3.63) is 0 Å². The molecule has 13 heavy (non-hydrogen) atoms. The number of sulfonamides is 1. The highest BCUT2D eigenvalue weighted by molar-refractivity contribution is 7.90. The van der Waals surface area contributed by atoms with E-state index in [4.69, 9.17) is 0 Å². The van der Waals surface area contributed by atoms with Crippen LogP contribution in [0.3, 0.4) is 0 Å². The van der Waals surface area contributed by atoms with Crippen LogP contribution in [0.15, 0.2) is 0 Å². The summed E-state index contributed by atoms with van der Waals surface area (Å²) >= 11 is 0. The van der Waals surface area contributed by atoms with E-state index in [0.29, 0.717) is 0 Å². The number of primary sulfonamides is 1. The summed E-state index contributed by atoms with van der Waals surface area (Å²) in [4.78, 5) is 0. The van der Waals surface area contributed by atoms with Gasteiger partial charge in [-0.2, -0.15) is 13.2 Å². The van der Waals surface area contributed by atoms with Gasteiger partial charge >= 0.3 is 15.5 Å². The molecule has 82 valence electrons. The Bertz CT molecular complexity index is 210. The quantitative estimate of drug-likeness (QED) is 0.710. The average Bonchev–Trinajstić information content (AvgIpc) is 1.85. The zero-order chi connectivity index (χ0) is 11.1. The van der Waals surface area contributed by atoms with E-state index >= 15 is 0 Å². The lowest BCUT2D eigenvalue weighted by Gasteiger charge is -1.98. The molecule has 0 heterocycles. The molecule has 0 aliphatic heterocycles. The molecule has 0 saturated carbocycles. The number of rotatable bonds is 2. The largest absolute Gasteiger partial charge is 0.511 e. The maximum atomic E-state index is 10.8. The first-order valence-electron chi connectivity index (χ1n) is 3.40. The fourth-order valence-electron chi connectivity index (χ4n) is 0.250. The lowest BCUT2D eigenvalue weighted by atomic mass is 10.5. The topological polar surface area (TPSA) is 72.2 Å². The number of hydrogen-bond acceptors (Lipinski definition) is 3. The predicted octanol–water partition coefficient (Wildman–Crippen LogP) is 0.411. The summed E-state index contributed by atoms with van der Waals surface area (Å²) in [6, 6.07) is 0. The van der Waals surface area contributed by atoms with Gasteiger partial charge < -0.3 is 5.32 Å². The number of hydrogen-bond donors (Lipinski definition) is 2. The molecule has 0 saturated heterocycles. The van der Waals surface area contributed by atoms with Crippen LogP contribution in [0.2, 0.25) is 0 Å². The summed E-state index contributed by atoms with van der Waals surface area (Å²) in [6.45, 7) is 3.29. The minimum Gasteiger partial charge on any atom is -0.320 e. The third-order valence-corrected chi connectivity index (χ3v) is 1.47. The van der Waals surface area contributed by atoms with Gasteiger partial charge in [0.05, 0.1) is 0 Å². The van der Waals surface area contributed by atoms with Crippen LogP contribution in [-0.2, 0) is 10.0 Å². The molecular formula is C5H13F3N2O2S. The van der Waals surface area contributed by atoms with Gasteiger partial charge in [-0.25, -0.2) is 13.6 Å². The van der Waals surface area contributed by atoms with E-state index in [1.54, 1.807) is 0 Å². The maximum absolute atomic E-state index is 10.8. The Hall–Kier alpha value is -0.340. The fraction of sp³-hybridized carbons (Fsp3) is 1.00. The van der Waals surface area contributed by atoms with Crippen molar-refractivity contribution < 1.29 is 21.6 Å². The number of nitrogens with two attached hydrogens (primary N) is 1. The number of alkyl halides is 3. The summed E-state index contributed by atoms with van der Waals surface area (Å²) in [6.07, 6.45) is 1.23. The van der Waals surface area contributed by atoms with E-state index < -0.39 is 15.5 Å². The van der Waals surface area contributed by atoms with Crippen molar-refractivity contribution in [2.75, 3.05) is 13.6 Å². The summed E-state index contributed by atoms with van der Waals surface area (Å²) in [5.74, 6) is 0. The van der Waals surface area contributed by atoms with Gasteiger partial charge in [0.1, 0.15) is 0 Å². The Morgan fingerprint density at radius 1 is 1.38 bits per heavy atom. The molecular weight excluding hydrogens is 209 g/mol. The fourth-order valence-corrected chi connectivity index (χ4v) is 0.250. The highest BCUT2D eigenvalue weighted by Gasteiger charge is 2.42. The normalized spacial score (nSPS) is 11.8. The van der Waals surface area contributed by atoms with Gasteiger partial charge in [-0.1, -0.05) is 6.92 Å². The summed E-state index contributed by atoms with van der Waals surface area (Å²) in [5.41, 5.74) is -5.31. The van der Waals surface area contributed by atoms with Crippen LogP contribution < -0.4 is 10.5 Å². The molecule has 0 atom stereocenters. The second kappa shape index (κ2) is 6.17. The molecule has 0 aromatic carbocycles. The van der Waals surface area contributed by atoms with Gasteiger partial charge in [-0.15, -0.1) is 0 Å². The lowest BCUT2D eigenvalue weighted by Crippen LogP contribution is -2.30. The first-order chi connectivity index (χ1) is 5.66. The minimum atomic E-state index is -5.34. The highest BCUT2D eigenvalue weighted by Crippen LogP contribution is 2.18. The monoisotopic (exact) mass is 222 g/mol. The SMILES string of the molecule is CCCNC.NS(=O)(=O)C(F)(F)F. The van der Waals surface area contributed by atoms with Gasteiger partial charge in [0.15, 0.2) is 0 Å². The second-order valence-corrected chi connectivity index (χ2v) is 3.65. The molecule has 0 spiro atoms. The van der Waals surface area contributed by atoms with E-state index in [2.05, 4.69) is 17.4 Å². The maximum Gasteiger partial charge on any atom is 0.511 e. The average molecular weight is 222 g/mol. The molecule has 3 N–H and O–H groups in total. The molecule has 0 rings (SSSR count). The van der Waals surface area contributed by atoms with Gasteiger partial charge in [-0.05, 0) is 20.0 Å². The van der Waals surface area contributed by atoms with Crippen molar-refractivity contribution >= 4 is 10.0 Å². The standard InChI is InChI=1S/C4H11N.CH2F3NO2S/c1-3-4-5-2;2-1(3,4)8(5,6)7/h5H,3-4H2,1-2H3;(H2,5,6,7). The van der Waals surface area contributed by atoms with Crippen LogP contribution in [0, 0.1) is 0 Å². The van der Waals surface area contributed by atoms with Crippen molar-refractivity contribution in [1.82, 2.24) is 5.32 Å². The first-order valence-corrected chi connectivity index (χ1v) is 4.95. The minimum absolute atomic E-state index is 1.14. The Morgan fingerprint density at radius 3 is 1.69 bits per heavy atom. The van der Waals surface area contributed by atoms with Crippen molar-refractivity contribution in [2.24, 2.45) is 5.14 Å². The molecule has 0 radical (unpaired) electrons. The summed E-state index contributed by atoms with van der Waals surface area (Å²) < 4.78 is 51.2. The molecule has 0 aromatic rings. The zero-order valence-corrected chi connectivity index (χ0v) is 8.17. The van der Waals surface area contributed by atoms with E-state index in [-0.39, 0.29) is 0 Å². The number of halogens is 3. The zero-order valence-electron chi connectivity index (χ0n) is 7.35. The molecule has 0 fully saturated rings. The molecule has 0 aliphatic rings. The van der Waals surface area contributed by atoms with Crippen LogP contribution in [0.4, 0.5) is 13.2 Å². The molecule has 0 aromatic heterocycles. The predicted molar refractivity (Wildman–Crippen MR) is 43.4 cm³/mol.